The lowest BCUT2D eigenvalue weighted by molar-refractivity contribution is -0.121. The van der Waals surface area contributed by atoms with Gasteiger partial charge in [-0.15, -0.1) is 10.2 Å². The minimum Gasteiger partial charge on any atom is -0.497 e. The maximum atomic E-state index is 12.8. The van der Waals surface area contributed by atoms with Crippen LogP contribution in [0.25, 0.3) is 10.6 Å². The van der Waals surface area contributed by atoms with Crippen LogP contribution in [0.4, 0.5) is 5.13 Å². The van der Waals surface area contributed by atoms with Crippen LogP contribution >= 0.6 is 22.9 Å². The first-order valence-electron chi connectivity index (χ1n) is 9.87. The third-order valence-corrected chi connectivity index (χ3v) is 6.48. The lowest BCUT2D eigenvalue weighted by Gasteiger charge is -2.32. The summed E-state index contributed by atoms with van der Waals surface area (Å²) < 4.78 is 5.18. The van der Waals surface area contributed by atoms with Gasteiger partial charge in [0.15, 0.2) is 0 Å². The zero-order valence-corrected chi connectivity index (χ0v) is 18.2. The van der Waals surface area contributed by atoms with Crippen molar-refractivity contribution in [3.05, 3.63) is 59.1 Å². The number of anilines is 1. The standard InChI is InChI=1S/C22H23ClN4O2S/c1-29-18-10-8-15(9-11-18)21-25-26-22(30-21)24-20(28)17-6-4-12-27(14-17)13-16-5-2-3-7-19(16)23/h2-3,5,7-11,17H,4,6,12-14H2,1H3,(H,24,26,28)/t17-/m1/s1. The molecule has 4 rings (SSSR count). The highest BCUT2D eigenvalue weighted by Crippen LogP contribution is 2.29. The van der Waals surface area contributed by atoms with Crippen LogP contribution in [-0.4, -0.2) is 41.2 Å². The molecule has 6 nitrogen and oxygen atoms in total. The summed E-state index contributed by atoms with van der Waals surface area (Å²) >= 11 is 7.66. The number of methoxy groups -OCH3 is 1. The van der Waals surface area contributed by atoms with Gasteiger partial charge in [0.2, 0.25) is 11.0 Å². The number of amides is 1. The minimum atomic E-state index is -0.0745. The molecule has 8 heteroatoms. The van der Waals surface area contributed by atoms with Gasteiger partial charge >= 0.3 is 0 Å². The number of carbonyl (C=O) groups excluding carboxylic acids is 1. The van der Waals surface area contributed by atoms with E-state index in [0.717, 1.165) is 52.8 Å². The molecule has 3 aromatic rings. The summed E-state index contributed by atoms with van der Waals surface area (Å²) in [4.78, 5) is 15.1. The van der Waals surface area contributed by atoms with Crippen LogP contribution in [0.1, 0.15) is 18.4 Å². The number of rotatable bonds is 6. The highest BCUT2D eigenvalue weighted by molar-refractivity contribution is 7.18. The molecule has 0 aliphatic carbocycles. The number of nitrogens with one attached hydrogen (secondary N) is 1. The van der Waals surface area contributed by atoms with E-state index in [4.69, 9.17) is 16.3 Å². The van der Waals surface area contributed by atoms with Crippen LogP contribution in [0, 0.1) is 5.92 Å². The van der Waals surface area contributed by atoms with E-state index < -0.39 is 0 Å². The second-order valence-electron chi connectivity index (χ2n) is 7.30. The highest BCUT2D eigenvalue weighted by Gasteiger charge is 2.27. The average molecular weight is 443 g/mol. The van der Waals surface area contributed by atoms with Crippen molar-refractivity contribution in [3.63, 3.8) is 0 Å². The summed E-state index contributed by atoms with van der Waals surface area (Å²) in [7, 11) is 1.63. The summed E-state index contributed by atoms with van der Waals surface area (Å²) in [5.41, 5.74) is 2.03. The number of hydrogen-bond donors (Lipinski definition) is 1. The number of aromatic nitrogens is 2. The van der Waals surface area contributed by atoms with Gasteiger partial charge in [-0.3, -0.25) is 9.69 Å². The van der Waals surface area contributed by atoms with Crippen LogP contribution in [0.5, 0.6) is 5.75 Å². The average Bonchev–Trinajstić information content (AvgIpc) is 3.24. The summed E-state index contributed by atoms with van der Waals surface area (Å²) in [6.07, 6.45) is 1.85. The van der Waals surface area contributed by atoms with Crippen molar-refractivity contribution in [3.8, 4) is 16.3 Å². The first kappa shape index (κ1) is 20.8. The normalized spacial score (nSPS) is 16.9. The molecule has 0 unspecified atom stereocenters. The van der Waals surface area contributed by atoms with Gasteiger partial charge in [-0.05, 0) is 55.3 Å². The number of benzene rings is 2. The topological polar surface area (TPSA) is 67.4 Å². The maximum absolute atomic E-state index is 12.8. The molecule has 1 aliphatic heterocycles. The third kappa shape index (κ3) is 4.98. The lowest BCUT2D eigenvalue weighted by Crippen LogP contribution is -2.40. The summed E-state index contributed by atoms with van der Waals surface area (Å²) in [6.45, 7) is 2.43. The third-order valence-electron chi connectivity index (χ3n) is 5.22. The van der Waals surface area contributed by atoms with Gasteiger partial charge in [0.25, 0.3) is 0 Å². The molecule has 0 saturated carbocycles. The zero-order valence-electron chi connectivity index (χ0n) is 16.7. The van der Waals surface area contributed by atoms with Gasteiger partial charge < -0.3 is 10.1 Å². The molecular weight excluding hydrogens is 420 g/mol. The first-order valence-corrected chi connectivity index (χ1v) is 11.1. The predicted octanol–water partition coefficient (Wildman–Crippen LogP) is 4.72. The molecular formula is C22H23ClN4O2S. The van der Waals surface area contributed by atoms with Crippen molar-refractivity contribution in [1.82, 2.24) is 15.1 Å². The number of ether oxygens (including phenoxy) is 1. The predicted molar refractivity (Wildman–Crippen MR) is 120 cm³/mol. The maximum Gasteiger partial charge on any atom is 0.230 e. The molecule has 0 radical (unpaired) electrons. The molecule has 1 amide bonds. The van der Waals surface area contributed by atoms with Gasteiger partial charge in [-0.1, -0.05) is 41.1 Å². The molecule has 2 heterocycles. The molecule has 0 spiro atoms. The molecule has 1 fully saturated rings. The van der Waals surface area contributed by atoms with Crippen LogP contribution in [0.3, 0.4) is 0 Å². The van der Waals surface area contributed by atoms with E-state index in [1.54, 1.807) is 7.11 Å². The van der Waals surface area contributed by atoms with Gasteiger partial charge in [0, 0.05) is 23.7 Å². The molecule has 1 aliphatic rings. The van der Waals surface area contributed by atoms with Crippen molar-refractivity contribution in [1.29, 1.82) is 0 Å². The van der Waals surface area contributed by atoms with Crippen molar-refractivity contribution >= 4 is 34.0 Å². The molecule has 2 aromatic carbocycles. The van der Waals surface area contributed by atoms with E-state index in [0.29, 0.717) is 11.7 Å². The van der Waals surface area contributed by atoms with E-state index in [2.05, 4.69) is 20.4 Å². The van der Waals surface area contributed by atoms with E-state index in [1.165, 1.54) is 11.3 Å². The van der Waals surface area contributed by atoms with E-state index in [9.17, 15) is 4.79 Å². The largest absolute Gasteiger partial charge is 0.497 e. The molecule has 1 atom stereocenters. The fourth-order valence-electron chi connectivity index (χ4n) is 3.61. The summed E-state index contributed by atoms with van der Waals surface area (Å²) in [5, 5.41) is 13.4. The van der Waals surface area contributed by atoms with Crippen LogP contribution in [-0.2, 0) is 11.3 Å². The molecule has 1 N–H and O–H groups in total. The Bertz CT molecular complexity index is 1010. The minimum absolute atomic E-state index is 0.00344. The van der Waals surface area contributed by atoms with E-state index >= 15 is 0 Å². The van der Waals surface area contributed by atoms with Gasteiger partial charge in [-0.2, -0.15) is 0 Å². The van der Waals surface area contributed by atoms with Crippen LogP contribution in [0.15, 0.2) is 48.5 Å². The Morgan fingerprint density at radius 3 is 2.80 bits per heavy atom. The van der Waals surface area contributed by atoms with Crippen molar-refractivity contribution in [2.45, 2.75) is 19.4 Å². The Labute approximate surface area is 184 Å². The van der Waals surface area contributed by atoms with Gasteiger partial charge in [-0.25, -0.2) is 0 Å². The van der Waals surface area contributed by atoms with Crippen molar-refractivity contribution in [2.75, 3.05) is 25.5 Å². The SMILES string of the molecule is COc1ccc(-c2nnc(NC(=O)[C@@H]3CCCN(Cc4ccccc4Cl)C3)s2)cc1. The molecule has 156 valence electrons. The first-order chi connectivity index (χ1) is 14.6. The van der Waals surface area contributed by atoms with E-state index in [1.807, 2.05) is 48.5 Å². The number of halogens is 1. The Morgan fingerprint density at radius 1 is 1.23 bits per heavy atom. The molecule has 0 bridgehead atoms. The Morgan fingerprint density at radius 2 is 2.03 bits per heavy atom. The van der Waals surface area contributed by atoms with Crippen molar-refractivity contribution < 1.29 is 9.53 Å². The molecule has 30 heavy (non-hydrogen) atoms. The smallest absolute Gasteiger partial charge is 0.230 e. The highest BCUT2D eigenvalue weighted by atomic mass is 35.5. The summed E-state index contributed by atoms with van der Waals surface area (Å²) in [5.74, 6) is 0.710. The number of carbonyl (C=O) groups is 1. The second-order valence-corrected chi connectivity index (χ2v) is 8.68. The number of nitrogens with zero attached hydrogens (tertiary/aromatic N) is 3. The summed E-state index contributed by atoms with van der Waals surface area (Å²) in [6, 6.07) is 15.5. The van der Waals surface area contributed by atoms with Crippen LogP contribution in [0.2, 0.25) is 5.02 Å². The fourth-order valence-corrected chi connectivity index (χ4v) is 4.56. The number of likely N-dealkylation sites (tertiary alicyclic amines) is 1. The second kappa shape index (κ2) is 9.55. The Kier molecular flexibility index (Phi) is 6.62. The fraction of sp³-hybridized carbons (Fsp3) is 0.318. The van der Waals surface area contributed by atoms with Crippen molar-refractivity contribution in [2.24, 2.45) is 5.92 Å². The molecule has 1 saturated heterocycles. The lowest BCUT2D eigenvalue weighted by atomic mass is 9.97. The molecule has 1 aromatic heterocycles. The number of hydrogen-bond acceptors (Lipinski definition) is 6. The van der Waals surface area contributed by atoms with Gasteiger partial charge in [0.05, 0.1) is 13.0 Å². The number of piperidine rings is 1. The Balaban J connectivity index is 1.36. The van der Waals surface area contributed by atoms with Crippen LogP contribution < -0.4 is 10.1 Å². The quantitative estimate of drug-likeness (QED) is 0.598. The monoisotopic (exact) mass is 442 g/mol. The van der Waals surface area contributed by atoms with Gasteiger partial charge in [0.1, 0.15) is 10.8 Å². The zero-order chi connectivity index (χ0) is 20.9. The Hall–Kier alpha value is -2.48. The van der Waals surface area contributed by atoms with E-state index in [-0.39, 0.29) is 11.8 Å².